The van der Waals surface area contributed by atoms with E-state index in [-0.39, 0.29) is 11.4 Å². The average molecular weight is 494 g/mol. The van der Waals surface area contributed by atoms with Crippen LogP contribution in [-0.4, -0.2) is 44.8 Å². The molecule has 3 aromatic carbocycles. The van der Waals surface area contributed by atoms with Crippen LogP contribution >= 0.6 is 0 Å². The van der Waals surface area contributed by atoms with Gasteiger partial charge in [-0.3, -0.25) is 9.80 Å². The third-order valence-corrected chi connectivity index (χ3v) is 7.32. The summed E-state index contributed by atoms with van der Waals surface area (Å²) in [7, 11) is 3.24. The van der Waals surface area contributed by atoms with Crippen molar-refractivity contribution in [1.82, 2.24) is 4.90 Å². The second kappa shape index (κ2) is 9.78. The highest BCUT2D eigenvalue weighted by Crippen LogP contribution is 2.48. The van der Waals surface area contributed by atoms with Gasteiger partial charge in [0.25, 0.3) is 0 Å². The predicted molar refractivity (Wildman–Crippen MR) is 135 cm³/mol. The number of fused-ring (bicyclic) bond motifs is 2. The molecule has 0 bridgehead atoms. The zero-order valence-electron chi connectivity index (χ0n) is 20.4. The highest BCUT2D eigenvalue weighted by molar-refractivity contribution is 6.03. The maximum absolute atomic E-state index is 13.7. The Kier molecular flexibility index (Phi) is 6.53. The number of methoxy groups -OCH3 is 2. The van der Waals surface area contributed by atoms with E-state index in [1.54, 1.807) is 20.3 Å². The smallest absolute Gasteiger partial charge is 0.326 e. The zero-order valence-corrected chi connectivity index (χ0v) is 20.4. The number of urea groups is 1. The highest BCUT2D eigenvalue weighted by Gasteiger charge is 2.46. The van der Waals surface area contributed by atoms with Gasteiger partial charge in [0.2, 0.25) is 0 Å². The molecule has 8 heteroatoms. The number of anilines is 2. The largest absolute Gasteiger partial charge is 0.497 e. The van der Waals surface area contributed by atoms with Crippen molar-refractivity contribution in [3.05, 3.63) is 83.4 Å². The third kappa shape index (κ3) is 4.60. The molecular weight excluding hydrogens is 464 g/mol. The molecule has 1 spiro atoms. The first kappa shape index (κ1) is 24.1. The molecule has 6 nitrogen and oxygen atoms in total. The van der Waals surface area contributed by atoms with Crippen molar-refractivity contribution in [1.29, 1.82) is 0 Å². The number of carbonyl (C=O) groups excluding carboxylic acids is 1. The van der Waals surface area contributed by atoms with Crippen LogP contribution < -0.4 is 19.7 Å². The minimum atomic E-state index is -0.833. The van der Waals surface area contributed by atoms with Crippen LogP contribution in [0.3, 0.4) is 0 Å². The van der Waals surface area contributed by atoms with Gasteiger partial charge in [0.15, 0.2) is 11.6 Å². The van der Waals surface area contributed by atoms with Crippen LogP contribution in [0.25, 0.3) is 0 Å². The van der Waals surface area contributed by atoms with Gasteiger partial charge < -0.3 is 14.8 Å². The molecular formula is C28H29F2N3O3. The molecule has 0 radical (unpaired) electrons. The average Bonchev–Trinajstić information content (AvgIpc) is 3.21. The van der Waals surface area contributed by atoms with E-state index in [9.17, 15) is 13.6 Å². The van der Waals surface area contributed by atoms with E-state index in [0.717, 1.165) is 54.2 Å². The number of benzene rings is 3. The van der Waals surface area contributed by atoms with Gasteiger partial charge in [-0.15, -0.1) is 0 Å². The number of nitrogens with zero attached hydrogens (tertiary/aromatic N) is 2. The second-order valence-electron chi connectivity index (χ2n) is 9.43. The van der Waals surface area contributed by atoms with E-state index in [2.05, 4.69) is 10.2 Å². The molecule has 0 atom stereocenters. The molecule has 2 aliphatic rings. The van der Waals surface area contributed by atoms with Gasteiger partial charge in [-0.05, 0) is 91.7 Å². The van der Waals surface area contributed by atoms with Gasteiger partial charge in [-0.2, -0.15) is 0 Å². The van der Waals surface area contributed by atoms with Gasteiger partial charge in [-0.1, -0.05) is 6.07 Å². The van der Waals surface area contributed by atoms with Crippen LogP contribution in [0.1, 0.15) is 24.0 Å². The Bertz CT molecular complexity index is 1260. The number of nitrogens with one attached hydrogen (secondary N) is 1. The summed E-state index contributed by atoms with van der Waals surface area (Å²) >= 11 is 0. The first-order chi connectivity index (χ1) is 17.4. The molecule has 0 aromatic heterocycles. The summed E-state index contributed by atoms with van der Waals surface area (Å²) in [5.41, 5.74) is 3.23. The minimum absolute atomic E-state index is 0.187. The van der Waals surface area contributed by atoms with Gasteiger partial charge in [0.05, 0.1) is 14.2 Å². The van der Waals surface area contributed by atoms with Crippen LogP contribution in [0, 0.1) is 11.6 Å². The Morgan fingerprint density at radius 3 is 2.28 bits per heavy atom. The number of amides is 2. The number of rotatable bonds is 5. The zero-order chi connectivity index (χ0) is 25.3. The molecule has 2 heterocycles. The van der Waals surface area contributed by atoms with E-state index >= 15 is 0 Å². The fourth-order valence-electron chi connectivity index (χ4n) is 5.28. The Hall–Kier alpha value is -3.65. The van der Waals surface area contributed by atoms with Crippen molar-refractivity contribution in [3.63, 3.8) is 0 Å². The number of halogens is 2. The number of likely N-dealkylation sites (tertiary alicyclic amines) is 1. The van der Waals surface area contributed by atoms with Crippen molar-refractivity contribution in [2.24, 2.45) is 0 Å². The molecule has 0 unspecified atom stereocenters. The summed E-state index contributed by atoms with van der Waals surface area (Å²) in [4.78, 5) is 17.4. The number of carbonyl (C=O) groups is 1. The van der Waals surface area contributed by atoms with Crippen LogP contribution in [0.5, 0.6) is 11.5 Å². The van der Waals surface area contributed by atoms with Crippen molar-refractivity contribution >= 4 is 17.4 Å². The lowest BCUT2D eigenvalue weighted by Gasteiger charge is -2.40. The third-order valence-electron chi connectivity index (χ3n) is 7.32. The van der Waals surface area contributed by atoms with Gasteiger partial charge in [0, 0.05) is 29.9 Å². The Morgan fingerprint density at radius 1 is 0.917 bits per heavy atom. The molecule has 1 N–H and O–H groups in total. The minimum Gasteiger partial charge on any atom is -0.497 e. The maximum atomic E-state index is 13.7. The molecule has 0 saturated carbocycles. The Labute approximate surface area is 209 Å². The summed E-state index contributed by atoms with van der Waals surface area (Å²) < 4.78 is 37.7. The molecule has 1 saturated heterocycles. The molecule has 36 heavy (non-hydrogen) atoms. The topological polar surface area (TPSA) is 54.0 Å². The number of hydrogen-bond donors (Lipinski definition) is 1. The van der Waals surface area contributed by atoms with E-state index < -0.39 is 11.6 Å². The summed E-state index contributed by atoms with van der Waals surface area (Å²) in [5, 5.41) is 3.00. The van der Waals surface area contributed by atoms with Gasteiger partial charge in [0.1, 0.15) is 11.5 Å². The van der Waals surface area contributed by atoms with Crippen LogP contribution in [0.4, 0.5) is 25.0 Å². The van der Waals surface area contributed by atoms with Crippen LogP contribution in [-0.2, 0) is 12.0 Å². The van der Waals surface area contributed by atoms with Crippen molar-refractivity contribution in [2.75, 3.05) is 44.1 Å². The van der Waals surface area contributed by atoms with Crippen LogP contribution in [0.2, 0.25) is 0 Å². The molecule has 0 aliphatic carbocycles. The lowest BCUT2D eigenvalue weighted by molar-refractivity contribution is 0.159. The lowest BCUT2D eigenvalue weighted by atomic mass is 9.74. The van der Waals surface area contributed by atoms with E-state index in [0.29, 0.717) is 18.8 Å². The molecule has 2 amide bonds. The highest BCUT2D eigenvalue weighted by atomic mass is 19.2. The summed E-state index contributed by atoms with van der Waals surface area (Å²) in [6, 6.07) is 17.0. The fourth-order valence-corrected chi connectivity index (χ4v) is 5.28. The first-order valence-corrected chi connectivity index (χ1v) is 12.0. The molecule has 3 aromatic rings. The predicted octanol–water partition coefficient (Wildman–Crippen LogP) is 5.57. The summed E-state index contributed by atoms with van der Waals surface area (Å²) in [6.07, 6.45) is 1.67. The summed E-state index contributed by atoms with van der Waals surface area (Å²) in [6.45, 7) is 2.68. The number of piperidine rings is 1. The fraction of sp³-hybridized carbons (Fsp3) is 0.321. The second-order valence-corrected chi connectivity index (χ2v) is 9.43. The standard InChI is InChI=1S/C28H29F2N3O3/c1-35-21-6-4-20(5-7-21)31-27(34)33-18-28(23-16-22(36-2)8-10-26(23)33)11-13-32(14-12-28)17-19-3-9-24(29)25(30)15-19/h3-10,15-16H,11-14,17-18H2,1-2H3,(H,31,34). The quantitative estimate of drug-likeness (QED) is 0.505. The van der Waals surface area contributed by atoms with Gasteiger partial charge in [-0.25, -0.2) is 13.6 Å². The lowest BCUT2D eigenvalue weighted by Crippen LogP contribution is -2.46. The number of hydrogen-bond acceptors (Lipinski definition) is 4. The molecule has 188 valence electrons. The Morgan fingerprint density at radius 2 is 1.61 bits per heavy atom. The maximum Gasteiger partial charge on any atom is 0.326 e. The normalized spacial score (nSPS) is 16.6. The molecule has 5 rings (SSSR count). The van der Waals surface area contributed by atoms with E-state index in [4.69, 9.17) is 9.47 Å². The monoisotopic (exact) mass is 493 g/mol. The Balaban J connectivity index is 1.34. The van der Waals surface area contributed by atoms with Crippen molar-refractivity contribution < 1.29 is 23.0 Å². The molecule has 1 fully saturated rings. The number of ether oxygens (including phenoxy) is 2. The molecule has 2 aliphatic heterocycles. The van der Waals surface area contributed by atoms with Gasteiger partial charge >= 0.3 is 6.03 Å². The summed E-state index contributed by atoms with van der Waals surface area (Å²) in [5.74, 6) is -0.173. The first-order valence-electron chi connectivity index (χ1n) is 12.0. The SMILES string of the molecule is COc1ccc(NC(=O)N2CC3(CCN(Cc4ccc(F)c(F)c4)CC3)c3cc(OC)ccc32)cc1. The van der Waals surface area contributed by atoms with E-state index in [1.807, 2.05) is 47.4 Å². The van der Waals surface area contributed by atoms with Crippen molar-refractivity contribution in [3.8, 4) is 11.5 Å². The van der Waals surface area contributed by atoms with E-state index in [1.165, 1.54) is 12.1 Å². The van der Waals surface area contributed by atoms with Crippen molar-refractivity contribution in [2.45, 2.75) is 24.8 Å². The van der Waals surface area contributed by atoms with Crippen LogP contribution in [0.15, 0.2) is 60.7 Å².